The Hall–Kier alpha value is -1.73. The first kappa shape index (κ1) is 13.7. The molecule has 0 saturated carbocycles. The van der Waals surface area contributed by atoms with Gasteiger partial charge >= 0.3 is 0 Å². The Bertz CT molecular complexity index is 428. The van der Waals surface area contributed by atoms with Crippen LogP contribution in [0.4, 0.5) is 0 Å². The zero-order valence-electron chi connectivity index (χ0n) is 10.8. The molecule has 7 heteroatoms. The summed E-state index contributed by atoms with van der Waals surface area (Å²) in [6.07, 6.45) is 4.29. The summed E-state index contributed by atoms with van der Waals surface area (Å²) in [5.74, 6) is -0.217. The predicted molar refractivity (Wildman–Crippen MR) is 69.9 cm³/mol. The Morgan fingerprint density at radius 3 is 3.16 bits per heavy atom. The maximum absolute atomic E-state index is 11.8. The Kier molecular flexibility index (Phi) is 5.05. The standard InChI is InChI=1S/C12H19N5O2/c1-2-3-5-19-6-4-14-12(18)11-9-17(16-15-11)10-7-13-8-10/h2,9-10,13H,1,3-8H2,(H,14,18). The van der Waals surface area contributed by atoms with E-state index in [9.17, 15) is 4.79 Å². The third-order valence-corrected chi connectivity index (χ3v) is 2.88. The second kappa shape index (κ2) is 7.01. The molecular formula is C12H19N5O2. The van der Waals surface area contributed by atoms with Crippen molar-refractivity contribution in [2.24, 2.45) is 0 Å². The fraction of sp³-hybridized carbons (Fsp3) is 0.583. The largest absolute Gasteiger partial charge is 0.379 e. The number of hydrogen-bond acceptors (Lipinski definition) is 5. The molecule has 1 fully saturated rings. The van der Waals surface area contributed by atoms with Crippen molar-refractivity contribution in [1.82, 2.24) is 25.6 Å². The van der Waals surface area contributed by atoms with Gasteiger partial charge in [0.05, 0.1) is 25.5 Å². The average molecular weight is 265 g/mol. The zero-order chi connectivity index (χ0) is 13.5. The molecular weight excluding hydrogens is 246 g/mol. The lowest BCUT2D eigenvalue weighted by atomic mass is 10.2. The van der Waals surface area contributed by atoms with Gasteiger partial charge in [0.1, 0.15) is 0 Å². The Labute approximate surface area is 112 Å². The molecule has 1 aliphatic rings. The summed E-state index contributed by atoms with van der Waals surface area (Å²) >= 11 is 0. The Balaban J connectivity index is 1.67. The van der Waals surface area contributed by atoms with E-state index >= 15 is 0 Å². The van der Waals surface area contributed by atoms with Crippen LogP contribution >= 0.6 is 0 Å². The van der Waals surface area contributed by atoms with Crippen LogP contribution in [0.15, 0.2) is 18.9 Å². The summed E-state index contributed by atoms with van der Waals surface area (Å²) in [7, 11) is 0. The van der Waals surface area contributed by atoms with Crippen LogP contribution in [0.1, 0.15) is 23.0 Å². The number of amides is 1. The van der Waals surface area contributed by atoms with Gasteiger partial charge in [-0.1, -0.05) is 11.3 Å². The highest BCUT2D eigenvalue weighted by Crippen LogP contribution is 2.09. The molecule has 0 spiro atoms. The van der Waals surface area contributed by atoms with Gasteiger partial charge in [-0.3, -0.25) is 4.79 Å². The van der Waals surface area contributed by atoms with Gasteiger partial charge in [-0.2, -0.15) is 0 Å². The van der Waals surface area contributed by atoms with E-state index in [2.05, 4.69) is 27.5 Å². The number of rotatable bonds is 8. The maximum atomic E-state index is 11.8. The van der Waals surface area contributed by atoms with Crippen molar-refractivity contribution in [3.63, 3.8) is 0 Å². The van der Waals surface area contributed by atoms with Crippen molar-refractivity contribution in [3.05, 3.63) is 24.5 Å². The number of hydrogen-bond donors (Lipinski definition) is 2. The van der Waals surface area contributed by atoms with Crippen molar-refractivity contribution >= 4 is 5.91 Å². The molecule has 0 aliphatic carbocycles. The molecule has 1 aliphatic heterocycles. The molecule has 0 atom stereocenters. The first-order valence-corrected chi connectivity index (χ1v) is 6.40. The fourth-order valence-electron chi connectivity index (χ4n) is 1.62. The average Bonchev–Trinajstić information content (AvgIpc) is 2.80. The lowest BCUT2D eigenvalue weighted by molar-refractivity contribution is 0.0913. The highest BCUT2D eigenvalue weighted by Gasteiger charge is 2.21. The van der Waals surface area contributed by atoms with Gasteiger partial charge in [-0.25, -0.2) is 4.68 Å². The van der Waals surface area contributed by atoms with E-state index < -0.39 is 0 Å². The van der Waals surface area contributed by atoms with E-state index in [0.717, 1.165) is 19.5 Å². The van der Waals surface area contributed by atoms with Crippen LogP contribution in [0, 0.1) is 0 Å². The van der Waals surface area contributed by atoms with Crippen LogP contribution in [0.2, 0.25) is 0 Å². The molecule has 0 aromatic carbocycles. The van der Waals surface area contributed by atoms with E-state index in [1.165, 1.54) is 0 Å². The number of nitrogens with zero attached hydrogens (tertiary/aromatic N) is 3. The Morgan fingerprint density at radius 2 is 2.47 bits per heavy atom. The molecule has 0 radical (unpaired) electrons. The SMILES string of the molecule is C=CCCOCCNC(=O)c1cn(C2CNC2)nn1. The molecule has 2 N–H and O–H groups in total. The molecule has 7 nitrogen and oxygen atoms in total. The van der Waals surface area contributed by atoms with E-state index in [1.807, 2.05) is 0 Å². The van der Waals surface area contributed by atoms with Gasteiger partial charge in [0.2, 0.25) is 0 Å². The maximum Gasteiger partial charge on any atom is 0.273 e. The third-order valence-electron chi connectivity index (χ3n) is 2.88. The van der Waals surface area contributed by atoms with E-state index in [-0.39, 0.29) is 5.91 Å². The van der Waals surface area contributed by atoms with Gasteiger partial charge in [-0.05, 0) is 6.42 Å². The van der Waals surface area contributed by atoms with Crippen LogP contribution in [-0.4, -0.2) is 53.7 Å². The molecule has 1 saturated heterocycles. The monoisotopic (exact) mass is 265 g/mol. The topological polar surface area (TPSA) is 81.1 Å². The number of ether oxygens (including phenoxy) is 1. The van der Waals surface area contributed by atoms with Gasteiger partial charge in [0.15, 0.2) is 5.69 Å². The van der Waals surface area contributed by atoms with Crippen LogP contribution < -0.4 is 10.6 Å². The second-order valence-electron chi connectivity index (χ2n) is 4.34. The van der Waals surface area contributed by atoms with E-state index in [4.69, 9.17) is 4.74 Å². The van der Waals surface area contributed by atoms with Crippen LogP contribution in [-0.2, 0) is 4.74 Å². The molecule has 0 unspecified atom stereocenters. The Morgan fingerprint density at radius 1 is 1.63 bits per heavy atom. The van der Waals surface area contributed by atoms with Crippen molar-refractivity contribution in [2.75, 3.05) is 32.8 Å². The highest BCUT2D eigenvalue weighted by atomic mass is 16.5. The molecule has 2 rings (SSSR count). The quantitative estimate of drug-likeness (QED) is 0.500. The lowest BCUT2D eigenvalue weighted by Crippen LogP contribution is -2.43. The van der Waals surface area contributed by atoms with Gasteiger partial charge in [0.25, 0.3) is 5.91 Å². The highest BCUT2D eigenvalue weighted by molar-refractivity contribution is 5.91. The third kappa shape index (κ3) is 3.87. The van der Waals surface area contributed by atoms with Gasteiger partial charge < -0.3 is 15.4 Å². The van der Waals surface area contributed by atoms with Crippen molar-refractivity contribution in [1.29, 1.82) is 0 Å². The predicted octanol–water partition coefficient (Wildman–Crippen LogP) is -0.255. The van der Waals surface area contributed by atoms with Crippen molar-refractivity contribution in [3.8, 4) is 0 Å². The lowest BCUT2D eigenvalue weighted by Gasteiger charge is -2.26. The summed E-state index contributed by atoms with van der Waals surface area (Å²) in [4.78, 5) is 11.8. The molecule has 1 amide bonds. The summed E-state index contributed by atoms with van der Waals surface area (Å²) in [5, 5.41) is 13.7. The first-order valence-electron chi connectivity index (χ1n) is 6.40. The van der Waals surface area contributed by atoms with Crippen LogP contribution in [0.5, 0.6) is 0 Å². The molecule has 1 aromatic rings. The minimum atomic E-state index is -0.217. The number of nitrogens with one attached hydrogen (secondary N) is 2. The fourth-order valence-corrected chi connectivity index (χ4v) is 1.62. The zero-order valence-corrected chi connectivity index (χ0v) is 10.8. The smallest absolute Gasteiger partial charge is 0.273 e. The van der Waals surface area contributed by atoms with Gasteiger partial charge in [0, 0.05) is 19.6 Å². The minimum Gasteiger partial charge on any atom is -0.379 e. The molecule has 104 valence electrons. The molecule has 1 aromatic heterocycles. The van der Waals surface area contributed by atoms with Crippen molar-refractivity contribution < 1.29 is 9.53 Å². The van der Waals surface area contributed by atoms with Crippen molar-refractivity contribution in [2.45, 2.75) is 12.5 Å². The first-order chi connectivity index (χ1) is 9.31. The van der Waals surface area contributed by atoms with E-state index in [0.29, 0.717) is 31.5 Å². The summed E-state index contributed by atoms with van der Waals surface area (Å²) < 4.78 is 7.02. The van der Waals surface area contributed by atoms with Crippen LogP contribution in [0.3, 0.4) is 0 Å². The molecule has 19 heavy (non-hydrogen) atoms. The second-order valence-corrected chi connectivity index (χ2v) is 4.34. The summed E-state index contributed by atoms with van der Waals surface area (Å²) in [5.41, 5.74) is 0.345. The molecule has 2 heterocycles. The normalized spacial score (nSPS) is 14.9. The molecule has 0 bridgehead atoms. The summed E-state index contributed by atoms with van der Waals surface area (Å²) in [6, 6.07) is 0.316. The van der Waals surface area contributed by atoms with Crippen LogP contribution in [0.25, 0.3) is 0 Å². The number of aromatic nitrogens is 3. The summed E-state index contributed by atoms with van der Waals surface area (Å²) in [6.45, 7) is 6.94. The van der Waals surface area contributed by atoms with E-state index in [1.54, 1.807) is 17.0 Å². The van der Waals surface area contributed by atoms with Gasteiger partial charge in [-0.15, -0.1) is 11.7 Å². The minimum absolute atomic E-state index is 0.217. The number of carbonyl (C=O) groups excluding carboxylic acids is 1. The number of carbonyl (C=O) groups is 1.